The number of rotatable bonds is 1. The normalized spacial score (nSPS) is 6.43. The van der Waals surface area contributed by atoms with Gasteiger partial charge in [-0.05, 0) is 0 Å². The molecule has 0 aromatic rings. The average molecular weight is 105 g/mol. The first-order valence-electron chi connectivity index (χ1n) is 1.38. The topological polar surface area (TPSA) is 89.4 Å². The molecule has 0 aromatic carbocycles. The van der Waals surface area contributed by atoms with Crippen LogP contribution in [0.5, 0.6) is 0 Å². The lowest BCUT2D eigenvalue weighted by molar-refractivity contribution is -0.148. The molecule has 7 heavy (non-hydrogen) atoms. The molecule has 0 aliphatic heterocycles. The molecule has 0 aromatic heterocycles. The Morgan fingerprint density at radius 3 is 1.57 bits per heavy atom. The van der Waals surface area contributed by atoms with Gasteiger partial charge in [-0.3, -0.25) is 4.79 Å². The van der Waals surface area contributed by atoms with E-state index in [0.29, 0.717) is 0 Å². The maximum atomic E-state index is 9.54. The van der Waals surface area contributed by atoms with Gasteiger partial charge in [0.15, 0.2) is 0 Å². The molecule has 0 saturated heterocycles. The molecule has 0 spiro atoms. The molecule has 0 rings (SSSR count). The lowest BCUT2D eigenvalue weighted by Gasteiger charge is -1.73. The summed E-state index contributed by atoms with van der Waals surface area (Å²) in [5.74, 6) is -2.20. The highest BCUT2D eigenvalue weighted by molar-refractivity contribution is 6.31. The van der Waals surface area contributed by atoms with E-state index in [-0.39, 0.29) is 6.15 Å². The molecule has 0 saturated carbocycles. The third-order valence-electron chi connectivity index (χ3n) is 0.301. The Kier molecular flexibility index (Phi) is 4.44. The molecule has 0 radical (unpaired) electrons. The summed E-state index contributed by atoms with van der Waals surface area (Å²) < 4.78 is 0. The van der Waals surface area contributed by atoms with Crippen LogP contribution in [0.2, 0.25) is 0 Å². The van der Waals surface area contributed by atoms with E-state index in [1.165, 1.54) is 0 Å². The zero-order valence-corrected chi connectivity index (χ0v) is 3.97. The zero-order chi connectivity index (χ0) is 5.15. The number of carbonyl (C=O) groups is 2. The molecule has 0 heterocycles. The molecule has 0 unspecified atom stereocenters. The van der Waals surface area contributed by atoms with Gasteiger partial charge in [0.2, 0.25) is 5.78 Å². The first-order valence-corrected chi connectivity index (χ1v) is 1.38. The summed E-state index contributed by atoms with van der Waals surface area (Å²) in [7, 11) is 0. The van der Waals surface area contributed by atoms with Crippen molar-refractivity contribution in [2.24, 2.45) is 0 Å². The monoisotopic (exact) mass is 105 g/mol. The standard InChI is InChI=1S/C3H4O3.H3N/c1-2(4)3(5)6;/h1H3,(H,5,6);1H3. The molecule has 0 fully saturated rings. The van der Waals surface area contributed by atoms with Gasteiger partial charge in [-0.25, -0.2) is 4.79 Å². The zero-order valence-electron chi connectivity index (χ0n) is 3.97. The molecule has 4 N–H and O–H groups in total. The molecule has 0 aliphatic carbocycles. The van der Waals surface area contributed by atoms with Crippen LogP contribution in [-0.2, 0) is 9.59 Å². The van der Waals surface area contributed by atoms with Crippen molar-refractivity contribution in [3.8, 4) is 0 Å². The summed E-state index contributed by atoms with van der Waals surface area (Å²) in [6.07, 6.45) is 0. The van der Waals surface area contributed by atoms with Crippen molar-refractivity contribution >= 4 is 11.8 Å². The van der Waals surface area contributed by atoms with Crippen molar-refractivity contribution < 1.29 is 14.7 Å². The number of hydrogen-bond donors (Lipinski definition) is 2. The van der Waals surface area contributed by atoms with Crippen LogP contribution in [0.25, 0.3) is 0 Å². The van der Waals surface area contributed by atoms with Gasteiger partial charge in [0.1, 0.15) is 0 Å². The first-order chi connectivity index (χ1) is 2.64. The Morgan fingerprint density at radius 1 is 1.43 bits per heavy atom. The van der Waals surface area contributed by atoms with Crippen LogP contribution in [-0.4, -0.2) is 16.9 Å². The fourth-order valence-corrected chi connectivity index (χ4v) is 0. The van der Waals surface area contributed by atoms with Gasteiger partial charge < -0.3 is 11.3 Å². The predicted octanol–water partition coefficient (Wildman–Crippen LogP) is -0.178. The Balaban J connectivity index is 0. The van der Waals surface area contributed by atoms with E-state index < -0.39 is 11.8 Å². The van der Waals surface area contributed by atoms with Crippen LogP contribution in [0.1, 0.15) is 6.92 Å². The van der Waals surface area contributed by atoms with Gasteiger partial charge in [0, 0.05) is 6.92 Å². The van der Waals surface area contributed by atoms with Crippen LogP contribution in [0, 0.1) is 0 Å². The number of carboxylic acids is 1. The minimum absolute atomic E-state index is 0. The maximum absolute atomic E-state index is 9.54. The van der Waals surface area contributed by atoms with Gasteiger partial charge in [0.05, 0.1) is 0 Å². The van der Waals surface area contributed by atoms with Crippen molar-refractivity contribution in [3.63, 3.8) is 0 Å². The van der Waals surface area contributed by atoms with E-state index in [9.17, 15) is 9.59 Å². The number of carbonyl (C=O) groups excluding carboxylic acids is 1. The van der Waals surface area contributed by atoms with E-state index in [2.05, 4.69) is 0 Å². The second-order valence-electron chi connectivity index (χ2n) is 0.861. The fraction of sp³-hybridized carbons (Fsp3) is 0.333. The summed E-state index contributed by atoms with van der Waals surface area (Å²) >= 11 is 0. The van der Waals surface area contributed by atoms with Crippen LogP contribution < -0.4 is 6.15 Å². The Hall–Kier alpha value is -0.900. The summed E-state index contributed by atoms with van der Waals surface area (Å²) in [5, 5.41) is 7.64. The van der Waals surface area contributed by atoms with E-state index in [1.807, 2.05) is 0 Å². The van der Waals surface area contributed by atoms with Gasteiger partial charge in [-0.1, -0.05) is 0 Å². The molecule has 4 nitrogen and oxygen atoms in total. The highest BCUT2D eigenvalue weighted by Crippen LogP contribution is 1.61. The summed E-state index contributed by atoms with van der Waals surface area (Å²) in [6, 6.07) is 0. The third-order valence-corrected chi connectivity index (χ3v) is 0.301. The Morgan fingerprint density at radius 2 is 1.57 bits per heavy atom. The van der Waals surface area contributed by atoms with Gasteiger partial charge in [-0.15, -0.1) is 0 Å². The second kappa shape index (κ2) is 3.30. The van der Waals surface area contributed by atoms with E-state index in [1.54, 1.807) is 0 Å². The molecular formula is C3H7NO3. The summed E-state index contributed by atoms with van der Waals surface area (Å²) in [5.41, 5.74) is 0. The van der Waals surface area contributed by atoms with Crippen molar-refractivity contribution in [3.05, 3.63) is 0 Å². The third kappa shape index (κ3) is 5.10. The number of carboxylic acid groups (broad SMARTS) is 1. The number of Topliss-reactive ketones (excluding diaryl/α,β-unsaturated/α-hetero) is 1. The molecule has 4 heteroatoms. The van der Waals surface area contributed by atoms with Gasteiger partial charge in [0.25, 0.3) is 0 Å². The lowest BCUT2D eigenvalue weighted by atomic mass is 10.5. The summed E-state index contributed by atoms with van der Waals surface area (Å²) in [6.45, 7) is 1.00. The van der Waals surface area contributed by atoms with E-state index in [4.69, 9.17) is 5.11 Å². The molecule has 0 bridgehead atoms. The lowest BCUT2D eigenvalue weighted by Crippen LogP contribution is -2.05. The van der Waals surface area contributed by atoms with Crippen molar-refractivity contribution in [2.45, 2.75) is 6.92 Å². The SMILES string of the molecule is CC(=O)C(=O)O.N. The highest BCUT2D eigenvalue weighted by Gasteiger charge is 1.98. The highest BCUT2D eigenvalue weighted by atomic mass is 16.4. The first kappa shape index (κ1) is 9.44. The number of aliphatic carboxylic acids is 1. The van der Waals surface area contributed by atoms with Crippen LogP contribution in [0.15, 0.2) is 0 Å². The Bertz CT molecular complexity index is 76.2. The van der Waals surface area contributed by atoms with Crippen LogP contribution >= 0.6 is 0 Å². The predicted molar refractivity (Wildman–Crippen MR) is 23.3 cm³/mol. The smallest absolute Gasteiger partial charge is 0.371 e. The fourth-order valence-electron chi connectivity index (χ4n) is 0. The molecule has 0 atom stereocenters. The van der Waals surface area contributed by atoms with Crippen molar-refractivity contribution in [1.82, 2.24) is 6.15 Å². The molecule has 42 valence electrons. The quantitative estimate of drug-likeness (QED) is 0.452. The van der Waals surface area contributed by atoms with Crippen molar-refractivity contribution in [2.75, 3.05) is 0 Å². The molecule has 0 amide bonds. The van der Waals surface area contributed by atoms with Crippen molar-refractivity contribution in [1.29, 1.82) is 0 Å². The number of ketones is 1. The van der Waals surface area contributed by atoms with Gasteiger partial charge in [-0.2, -0.15) is 0 Å². The Labute approximate surface area is 40.7 Å². The minimum Gasteiger partial charge on any atom is -0.476 e. The minimum atomic E-state index is -1.38. The number of hydrogen-bond acceptors (Lipinski definition) is 3. The van der Waals surface area contributed by atoms with E-state index in [0.717, 1.165) is 6.92 Å². The molecule has 0 aliphatic rings. The summed E-state index contributed by atoms with van der Waals surface area (Å²) in [4.78, 5) is 18.9. The van der Waals surface area contributed by atoms with Crippen LogP contribution in [0.4, 0.5) is 0 Å². The van der Waals surface area contributed by atoms with Gasteiger partial charge >= 0.3 is 5.97 Å². The second-order valence-corrected chi connectivity index (χ2v) is 0.861. The van der Waals surface area contributed by atoms with E-state index >= 15 is 0 Å². The largest absolute Gasteiger partial charge is 0.476 e. The maximum Gasteiger partial charge on any atom is 0.371 e. The molecular weight excluding hydrogens is 98.0 g/mol. The van der Waals surface area contributed by atoms with Crippen LogP contribution in [0.3, 0.4) is 0 Å². The average Bonchev–Trinajstić information content (AvgIpc) is 1.36.